The van der Waals surface area contributed by atoms with Crippen molar-refractivity contribution in [3.05, 3.63) is 51.6 Å². The number of nitrogens with zero attached hydrogens (tertiary/aromatic N) is 1. The molecular weight excluding hydrogens is 475 g/mol. The highest BCUT2D eigenvalue weighted by molar-refractivity contribution is 14.1. The Morgan fingerprint density at radius 2 is 1.93 bits per heavy atom. The van der Waals surface area contributed by atoms with Crippen LogP contribution in [0.2, 0.25) is 0 Å². The summed E-state index contributed by atoms with van der Waals surface area (Å²) in [5, 5.41) is 3.34. The molecule has 0 aliphatic carbocycles. The van der Waals surface area contributed by atoms with Gasteiger partial charge >= 0.3 is 0 Å². The van der Waals surface area contributed by atoms with Crippen molar-refractivity contribution < 1.29 is 13.2 Å². The normalized spacial score (nSPS) is 18.3. The Labute approximate surface area is 175 Å². The van der Waals surface area contributed by atoms with Crippen molar-refractivity contribution in [1.29, 1.82) is 0 Å². The fourth-order valence-corrected chi connectivity index (χ4v) is 5.83. The highest BCUT2D eigenvalue weighted by Gasteiger charge is 2.30. The van der Waals surface area contributed by atoms with E-state index in [-0.39, 0.29) is 6.04 Å². The lowest BCUT2D eigenvalue weighted by molar-refractivity contribution is 0.268. The Bertz CT molecular complexity index is 885. The van der Waals surface area contributed by atoms with Crippen LogP contribution < -0.4 is 10.1 Å². The molecule has 27 heavy (non-hydrogen) atoms. The van der Waals surface area contributed by atoms with Gasteiger partial charge in [0.1, 0.15) is 5.75 Å². The number of rotatable bonds is 6. The third-order valence-electron chi connectivity index (χ3n) is 4.92. The van der Waals surface area contributed by atoms with Gasteiger partial charge < -0.3 is 10.1 Å². The van der Waals surface area contributed by atoms with Crippen molar-refractivity contribution in [2.75, 3.05) is 19.0 Å². The van der Waals surface area contributed by atoms with Gasteiger partial charge in [-0.1, -0.05) is 12.5 Å². The van der Waals surface area contributed by atoms with Gasteiger partial charge in [0.15, 0.2) is 0 Å². The number of piperidine rings is 1. The van der Waals surface area contributed by atoms with E-state index in [0.29, 0.717) is 18.0 Å². The zero-order chi connectivity index (χ0) is 19.4. The fourth-order valence-electron chi connectivity index (χ4n) is 3.33. The quantitative estimate of drug-likeness (QED) is 0.595. The van der Waals surface area contributed by atoms with Gasteiger partial charge in [-0.2, -0.15) is 4.31 Å². The van der Waals surface area contributed by atoms with Crippen LogP contribution in [0, 0.1) is 3.57 Å². The standard InChI is InChI=1S/C20H25IN2O3S/c1-15-5-3-4-12-23(15)27(24,25)18-9-7-17(8-10-18)22-14-16-6-11-20(26-2)19(21)13-16/h6-11,13,15,22H,3-5,12,14H2,1-2H3. The molecule has 2 aromatic carbocycles. The molecule has 0 spiro atoms. The summed E-state index contributed by atoms with van der Waals surface area (Å²) in [6.07, 6.45) is 2.96. The van der Waals surface area contributed by atoms with Crippen molar-refractivity contribution in [2.45, 2.75) is 43.7 Å². The van der Waals surface area contributed by atoms with Crippen molar-refractivity contribution in [3.8, 4) is 5.75 Å². The van der Waals surface area contributed by atoms with Crippen molar-refractivity contribution in [1.82, 2.24) is 4.31 Å². The Hall–Kier alpha value is -1.32. The zero-order valence-corrected chi connectivity index (χ0v) is 18.6. The molecule has 1 N–H and O–H groups in total. The number of hydrogen-bond acceptors (Lipinski definition) is 4. The summed E-state index contributed by atoms with van der Waals surface area (Å²) in [5.41, 5.74) is 2.03. The molecule has 0 bridgehead atoms. The summed E-state index contributed by atoms with van der Waals surface area (Å²) in [5.74, 6) is 0.862. The summed E-state index contributed by atoms with van der Waals surface area (Å²) in [4.78, 5) is 0.362. The molecule has 0 saturated carbocycles. The molecule has 1 atom stereocenters. The van der Waals surface area contributed by atoms with Gasteiger partial charge in [-0.25, -0.2) is 8.42 Å². The summed E-state index contributed by atoms with van der Waals surface area (Å²) in [7, 11) is -1.76. The number of nitrogens with one attached hydrogen (secondary N) is 1. The van der Waals surface area contributed by atoms with Crippen molar-refractivity contribution in [2.24, 2.45) is 0 Å². The maximum absolute atomic E-state index is 12.9. The van der Waals surface area contributed by atoms with Gasteiger partial charge in [-0.15, -0.1) is 0 Å². The van der Waals surface area contributed by atoms with E-state index in [1.807, 2.05) is 31.2 Å². The van der Waals surface area contributed by atoms with Crippen LogP contribution in [-0.4, -0.2) is 32.4 Å². The Kier molecular flexibility index (Phi) is 6.65. The summed E-state index contributed by atoms with van der Waals surface area (Å²) in [6.45, 7) is 3.26. The number of ether oxygens (including phenoxy) is 1. The molecule has 1 aliphatic heterocycles. The first-order chi connectivity index (χ1) is 12.9. The highest BCUT2D eigenvalue weighted by Crippen LogP contribution is 2.26. The van der Waals surface area contributed by atoms with E-state index in [9.17, 15) is 8.42 Å². The lowest BCUT2D eigenvalue weighted by Crippen LogP contribution is -2.41. The van der Waals surface area contributed by atoms with E-state index in [1.165, 1.54) is 0 Å². The molecule has 5 nitrogen and oxygen atoms in total. The van der Waals surface area contributed by atoms with Crippen LogP contribution in [0.25, 0.3) is 0 Å². The van der Waals surface area contributed by atoms with E-state index in [4.69, 9.17) is 4.74 Å². The summed E-state index contributed by atoms with van der Waals surface area (Å²) < 4.78 is 33.7. The van der Waals surface area contributed by atoms with Crippen LogP contribution in [-0.2, 0) is 16.6 Å². The first-order valence-electron chi connectivity index (χ1n) is 9.10. The molecule has 0 amide bonds. The van der Waals surface area contributed by atoms with Crippen LogP contribution in [0.3, 0.4) is 0 Å². The number of methoxy groups -OCH3 is 1. The molecule has 1 unspecified atom stereocenters. The summed E-state index contributed by atoms with van der Waals surface area (Å²) in [6, 6.07) is 13.2. The fraction of sp³-hybridized carbons (Fsp3) is 0.400. The van der Waals surface area contributed by atoms with Gasteiger partial charge in [-0.05, 0) is 84.3 Å². The maximum atomic E-state index is 12.9. The van der Waals surface area contributed by atoms with E-state index in [0.717, 1.165) is 39.8 Å². The Balaban J connectivity index is 1.67. The molecule has 7 heteroatoms. The average molecular weight is 500 g/mol. The van der Waals surface area contributed by atoms with Gasteiger partial charge in [0.25, 0.3) is 0 Å². The largest absolute Gasteiger partial charge is 0.496 e. The predicted molar refractivity (Wildman–Crippen MR) is 117 cm³/mol. The zero-order valence-electron chi connectivity index (χ0n) is 15.6. The van der Waals surface area contributed by atoms with Crippen LogP contribution in [0.4, 0.5) is 5.69 Å². The number of sulfonamides is 1. The first-order valence-corrected chi connectivity index (χ1v) is 11.6. The van der Waals surface area contributed by atoms with Crippen LogP contribution in [0.5, 0.6) is 5.75 Å². The second kappa shape index (κ2) is 8.79. The molecule has 2 aromatic rings. The van der Waals surface area contributed by atoms with Crippen molar-refractivity contribution >= 4 is 38.3 Å². The molecule has 1 heterocycles. The van der Waals surface area contributed by atoms with Crippen molar-refractivity contribution in [3.63, 3.8) is 0 Å². The first kappa shape index (κ1) is 20.4. The Morgan fingerprint density at radius 3 is 2.56 bits per heavy atom. The van der Waals surface area contributed by atoms with Gasteiger partial charge in [0.05, 0.1) is 15.6 Å². The number of anilines is 1. The van der Waals surface area contributed by atoms with Gasteiger partial charge in [0.2, 0.25) is 10.0 Å². The molecular formula is C20H25IN2O3S. The van der Waals surface area contributed by atoms with Gasteiger partial charge in [-0.3, -0.25) is 0 Å². The van der Waals surface area contributed by atoms with E-state index >= 15 is 0 Å². The van der Waals surface area contributed by atoms with Gasteiger partial charge in [0, 0.05) is 24.8 Å². The minimum Gasteiger partial charge on any atom is -0.496 e. The average Bonchev–Trinajstić information content (AvgIpc) is 2.67. The molecule has 3 rings (SSSR count). The molecule has 0 aromatic heterocycles. The van der Waals surface area contributed by atoms with E-state index in [2.05, 4.69) is 34.0 Å². The van der Waals surface area contributed by atoms with Crippen LogP contribution in [0.1, 0.15) is 31.7 Å². The lowest BCUT2D eigenvalue weighted by atomic mass is 10.1. The van der Waals surface area contributed by atoms with Crippen LogP contribution >= 0.6 is 22.6 Å². The minimum atomic E-state index is -3.42. The predicted octanol–water partition coefficient (Wildman–Crippen LogP) is 4.48. The summed E-state index contributed by atoms with van der Waals surface area (Å²) >= 11 is 2.25. The van der Waals surface area contributed by atoms with Crippen LogP contribution in [0.15, 0.2) is 47.4 Å². The second-order valence-electron chi connectivity index (χ2n) is 6.81. The number of hydrogen-bond donors (Lipinski definition) is 1. The smallest absolute Gasteiger partial charge is 0.243 e. The molecule has 146 valence electrons. The molecule has 1 saturated heterocycles. The van der Waals surface area contributed by atoms with E-state index in [1.54, 1.807) is 23.5 Å². The SMILES string of the molecule is COc1ccc(CNc2ccc(S(=O)(=O)N3CCCCC3C)cc2)cc1I. The number of halogens is 1. The molecule has 1 fully saturated rings. The van der Waals surface area contributed by atoms with E-state index < -0.39 is 10.0 Å². The molecule has 0 radical (unpaired) electrons. The Morgan fingerprint density at radius 1 is 1.19 bits per heavy atom. The second-order valence-corrected chi connectivity index (χ2v) is 9.86. The minimum absolute atomic E-state index is 0.0686. The maximum Gasteiger partial charge on any atom is 0.243 e. The third-order valence-corrected chi connectivity index (χ3v) is 7.79. The third kappa shape index (κ3) is 4.75. The monoisotopic (exact) mass is 500 g/mol. The number of benzene rings is 2. The topological polar surface area (TPSA) is 58.6 Å². The lowest BCUT2D eigenvalue weighted by Gasteiger charge is -2.32. The highest BCUT2D eigenvalue weighted by atomic mass is 127. The molecule has 1 aliphatic rings.